The lowest BCUT2D eigenvalue weighted by molar-refractivity contribution is -0.159. The molecule has 0 aromatic heterocycles. The first kappa shape index (κ1) is 19.1. The summed E-state index contributed by atoms with van der Waals surface area (Å²) >= 11 is 0. The summed E-state index contributed by atoms with van der Waals surface area (Å²) in [7, 11) is 1.60. The molecule has 1 amide bonds. The van der Waals surface area contributed by atoms with Crippen LogP contribution in [0.2, 0.25) is 0 Å². The highest BCUT2D eigenvalue weighted by atomic mass is 19.1. The van der Waals surface area contributed by atoms with Gasteiger partial charge in [0, 0.05) is 39.8 Å². The van der Waals surface area contributed by atoms with E-state index in [0.717, 1.165) is 0 Å². The number of para-hydroxylation sites is 1. The number of nitrogens with zero attached hydrogens (tertiary/aromatic N) is 2. The van der Waals surface area contributed by atoms with E-state index in [-0.39, 0.29) is 11.7 Å². The van der Waals surface area contributed by atoms with E-state index in [2.05, 4.69) is 10.2 Å². The fourth-order valence-electron chi connectivity index (χ4n) is 3.93. The largest absolute Gasteiger partial charge is 0.388 e. The molecule has 2 aliphatic heterocycles. The fraction of sp³-hybridized carbons (Fsp3) is 0.632. The van der Waals surface area contributed by atoms with Crippen LogP contribution in [0.5, 0.6) is 0 Å². The number of hydrogen-bond donors (Lipinski definition) is 2. The van der Waals surface area contributed by atoms with E-state index < -0.39 is 11.2 Å². The maximum absolute atomic E-state index is 14.0. The molecule has 0 unspecified atom stereocenters. The van der Waals surface area contributed by atoms with Crippen molar-refractivity contribution in [3.05, 3.63) is 30.1 Å². The number of β-amino-alcohol motifs (C(OH)–C–C–N with tert-alkyl or cyclic N) is 1. The number of anilines is 1. The van der Waals surface area contributed by atoms with Crippen LogP contribution in [0, 0.1) is 5.82 Å². The first-order valence-corrected chi connectivity index (χ1v) is 9.16. The molecule has 7 heteroatoms. The second-order valence-electron chi connectivity index (χ2n) is 7.53. The minimum Gasteiger partial charge on any atom is -0.388 e. The van der Waals surface area contributed by atoms with Gasteiger partial charge in [-0.15, -0.1) is 0 Å². The van der Waals surface area contributed by atoms with Crippen molar-refractivity contribution >= 4 is 11.6 Å². The van der Waals surface area contributed by atoms with E-state index in [4.69, 9.17) is 4.74 Å². The third-order valence-electron chi connectivity index (χ3n) is 5.47. The Hall–Kier alpha value is -1.70. The van der Waals surface area contributed by atoms with Crippen molar-refractivity contribution in [2.45, 2.75) is 31.0 Å². The topological polar surface area (TPSA) is 65.0 Å². The van der Waals surface area contributed by atoms with Crippen LogP contribution in [0.4, 0.5) is 10.1 Å². The quantitative estimate of drug-likeness (QED) is 0.833. The van der Waals surface area contributed by atoms with Gasteiger partial charge in [0.2, 0.25) is 0 Å². The van der Waals surface area contributed by atoms with Gasteiger partial charge in [-0.3, -0.25) is 9.69 Å². The number of halogens is 1. The molecule has 2 fully saturated rings. The molecule has 1 atom stereocenters. The number of benzene rings is 1. The lowest BCUT2D eigenvalue weighted by Crippen LogP contribution is -2.61. The van der Waals surface area contributed by atoms with Gasteiger partial charge in [0.05, 0.1) is 17.9 Å². The Morgan fingerprint density at radius 1 is 1.31 bits per heavy atom. The molecule has 0 aliphatic carbocycles. The summed E-state index contributed by atoms with van der Waals surface area (Å²) in [5.41, 5.74) is -1.13. The molecule has 2 heterocycles. The molecule has 0 saturated carbocycles. The van der Waals surface area contributed by atoms with Gasteiger partial charge >= 0.3 is 0 Å². The fourth-order valence-corrected chi connectivity index (χ4v) is 3.93. The highest BCUT2D eigenvalue weighted by Crippen LogP contribution is 2.30. The van der Waals surface area contributed by atoms with E-state index in [1.807, 2.05) is 11.0 Å². The monoisotopic (exact) mass is 365 g/mol. The van der Waals surface area contributed by atoms with Crippen molar-refractivity contribution in [3.63, 3.8) is 0 Å². The van der Waals surface area contributed by atoms with E-state index in [1.165, 1.54) is 6.07 Å². The maximum Gasteiger partial charge on any atom is 0.253 e. The third-order valence-corrected chi connectivity index (χ3v) is 5.47. The zero-order chi connectivity index (χ0) is 18.8. The summed E-state index contributed by atoms with van der Waals surface area (Å²) in [6, 6.07) is 6.74. The lowest BCUT2D eigenvalue weighted by Gasteiger charge is -2.45. The summed E-state index contributed by atoms with van der Waals surface area (Å²) in [5, 5.41) is 13.7. The Morgan fingerprint density at radius 2 is 2.00 bits per heavy atom. The van der Waals surface area contributed by atoms with Crippen LogP contribution in [0.3, 0.4) is 0 Å². The zero-order valence-corrected chi connectivity index (χ0v) is 15.5. The summed E-state index contributed by atoms with van der Waals surface area (Å²) in [6.45, 7) is 5.08. The van der Waals surface area contributed by atoms with Crippen molar-refractivity contribution in [1.29, 1.82) is 0 Å². The van der Waals surface area contributed by atoms with Gasteiger partial charge in [-0.1, -0.05) is 12.1 Å². The predicted molar refractivity (Wildman–Crippen MR) is 97.7 cm³/mol. The number of rotatable bonds is 4. The normalized spacial score (nSPS) is 26.5. The van der Waals surface area contributed by atoms with E-state index >= 15 is 0 Å². The zero-order valence-electron chi connectivity index (χ0n) is 15.5. The van der Waals surface area contributed by atoms with Crippen LogP contribution in [-0.2, 0) is 9.53 Å². The number of carbonyl (C=O) groups is 1. The Balaban J connectivity index is 1.59. The number of likely N-dealkylation sites (N-methyl/N-ethyl adjacent to an activating group) is 1. The number of aliphatic hydroxyl groups is 1. The first-order valence-electron chi connectivity index (χ1n) is 9.16. The number of carbonyl (C=O) groups excluding carboxylic acids is 1. The molecule has 2 aliphatic rings. The Bertz CT molecular complexity index is 649. The highest BCUT2D eigenvalue weighted by molar-refractivity contribution is 5.84. The van der Waals surface area contributed by atoms with E-state index in [1.54, 1.807) is 26.1 Å². The van der Waals surface area contributed by atoms with Crippen LogP contribution in [0.25, 0.3) is 0 Å². The van der Waals surface area contributed by atoms with Gasteiger partial charge in [0.1, 0.15) is 5.82 Å². The average Bonchev–Trinajstić information content (AvgIpc) is 2.62. The van der Waals surface area contributed by atoms with Gasteiger partial charge < -0.3 is 20.1 Å². The molecule has 144 valence electrons. The third kappa shape index (κ3) is 4.00. The molecular weight excluding hydrogens is 337 g/mol. The van der Waals surface area contributed by atoms with Gasteiger partial charge in [0.15, 0.2) is 5.60 Å². The number of nitrogens with one attached hydrogen (secondary N) is 1. The van der Waals surface area contributed by atoms with E-state index in [0.29, 0.717) is 57.9 Å². The highest BCUT2D eigenvalue weighted by Gasteiger charge is 2.42. The van der Waals surface area contributed by atoms with Crippen LogP contribution in [0.1, 0.15) is 19.8 Å². The molecule has 26 heavy (non-hydrogen) atoms. The Kier molecular flexibility index (Phi) is 5.50. The van der Waals surface area contributed by atoms with Crippen LogP contribution in [0.15, 0.2) is 24.3 Å². The molecule has 0 bridgehead atoms. The van der Waals surface area contributed by atoms with Gasteiger partial charge in [-0.2, -0.15) is 0 Å². The smallest absolute Gasteiger partial charge is 0.253 e. The molecule has 2 N–H and O–H groups in total. The molecule has 6 nitrogen and oxygen atoms in total. The van der Waals surface area contributed by atoms with Crippen molar-refractivity contribution in [1.82, 2.24) is 10.2 Å². The van der Waals surface area contributed by atoms with Crippen molar-refractivity contribution in [3.8, 4) is 0 Å². The number of piperidine rings is 1. The van der Waals surface area contributed by atoms with Crippen LogP contribution < -0.4 is 10.2 Å². The van der Waals surface area contributed by atoms with Crippen molar-refractivity contribution < 1.29 is 19.0 Å². The summed E-state index contributed by atoms with van der Waals surface area (Å²) in [5.74, 6) is -0.379. The molecule has 2 saturated heterocycles. The second-order valence-corrected chi connectivity index (χ2v) is 7.53. The Morgan fingerprint density at radius 3 is 2.65 bits per heavy atom. The van der Waals surface area contributed by atoms with Crippen molar-refractivity contribution in [2.75, 3.05) is 51.3 Å². The van der Waals surface area contributed by atoms with Crippen LogP contribution >= 0.6 is 0 Å². The van der Waals surface area contributed by atoms with Crippen molar-refractivity contribution in [2.24, 2.45) is 0 Å². The van der Waals surface area contributed by atoms with Gasteiger partial charge in [-0.05, 0) is 31.9 Å². The standard InChI is InChI=1S/C19H28FN3O3/c1-18(17(24)21-2)13-22(11-12-26-18)14-19(25)7-9-23(10-8-19)16-6-4-3-5-15(16)20/h3-6,25H,7-14H2,1-2H3,(H,21,24)/t18-/m0/s1. The number of hydrogen-bond acceptors (Lipinski definition) is 5. The molecule has 1 aromatic rings. The number of amides is 1. The predicted octanol–water partition coefficient (Wildman–Crippen LogP) is 0.994. The molecule has 0 spiro atoms. The maximum atomic E-state index is 14.0. The lowest BCUT2D eigenvalue weighted by atomic mass is 9.89. The second kappa shape index (κ2) is 7.50. The SMILES string of the molecule is CNC(=O)[C@]1(C)CN(CC2(O)CCN(c3ccccc3F)CC2)CCO1. The van der Waals surface area contributed by atoms with E-state index in [9.17, 15) is 14.3 Å². The van der Waals surface area contributed by atoms with Gasteiger partial charge in [-0.25, -0.2) is 4.39 Å². The molecular formula is C19H28FN3O3. The average molecular weight is 365 g/mol. The minimum absolute atomic E-state index is 0.149. The summed E-state index contributed by atoms with van der Waals surface area (Å²) < 4.78 is 19.6. The molecule has 3 rings (SSSR count). The summed E-state index contributed by atoms with van der Waals surface area (Å²) in [4.78, 5) is 16.1. The first-order chi connectivity index (χ1) is 12.4. The summed E-state index contributed by atoms with van der Waals surface area (Å²) in [6.07, 6.45) is 1.13. The van der Waals surface area contributed by atoms with Gasteiger partial charge in [0.25, 0.3) is 5.91 Å². The number of morpholine rings is 1. The van der Waals surface area contributed by atoms with Crippen LogP contribution in [-0.4, -0.2) is 73.5 Å². The minimum atomic E-state index is -0.892. The molecule has 1 aromatic carbocycles. The molecule has 0 radical (unpaired) electrons. The number of ether oxygens (including phenoxy) is 1. The Labute approximate surface area is 153 Å².